The molecule has 0 bridgehead atoms. The third-order valence-electron chi connectivity index (χ3n) is 6.92. The molecule has 2 aromatic rings. The molecule has 212 valence electrons. The summed E-state index contributed by atoms with van der Waals surface area (Å²) in [5, 5.41) is 0.112. The number of anilines is 1. The van der Waals surface area contributed by atoms with Crippen LogP contribution in [-0.4, -0.2) is 64.8 Å². The molecule has 4 rings (SSSR count). The Balaban J connectivity index is 1.26. The van der Waals surface area contributed by atoms with E-state index in [1.807, 2.05) is 44.2 Å². The molecular weight excluding hydrogens is 519 g/mol. The van der Waals surface area contributed by atoms with Crippen LogP contribution in [0.15, 0.2) is 48.5 Å². The first-order chi connectivity index (χ1) is 18.4. The lowest BCUT2D eigenvalue weighted by Crippen LogP contribution is -2.43. The SMILES string of the molecule is CC(C)(C)[SiH2]OC(C)(C)[C@H]1CN(c2ccc(OCC3CCN(C(=O)OCc4ccccc4)C3)c(F)c2)C(=O)O1. The Kier molecular flexibility index (Phi) is 8.85. The van der Waals surface area contributed by atoms with Gasteiger partial charge in [-0.1, -0.05) is 51.1 Å². The Hall–Kier alpha value is -3.11. The second kappa shape index (κ2) is 12.0. The maximum atomic E-state index is 14.9. The third kappa shape index (κ3) is 7.73. The van der Waals surface area contributed by atoms with Gasteiger partial charge in [0.2, 0.25) is 0 Å². The molecule has 0 saturated carbocycles. The molecule has 2 aliphatic rings. The lowest BCUT2D eigenvalue weighted by Gasteiger charge is -2.33. The van der Waals surface area contributed by atoms with E-state index < -0.39 is 33.4 Å². The van der Waals surface area contributed by atoms with Crippen molar-refractivity contribution in [3.63, 3.8) is 0 Å². The van der Waals surface area contributed by atoms with Gasteiger partial charge in [-0.25, -0.2) is 14.0 Å². The van der Waals surface area contributed by atoms with E-state index in [0.717, 1.165) is 12.0 Å². The fourth-order valence-electron chi connectivity index (χ4n) is 4.46. The van der Waals surface area contributed by atoms with Gasteiger partial charge < -0.3 is 23.5 Å². The number of carbonyl (C=O) groups is 2. The monoisotopic (exact) mass is 558 g/mol. The Labute approximate surface area is 232 Å². The summed E-state index contributed by atoms with van der Waals surface area (Å²) in [6.45, 7) is 12.1. The maximum Gasteiger partial charge on any atom is 0.414 e. The molecule has 2 atom stereocenters. The van der Waals surface area contributed by atoms with Crippen molar-refractivity contribution < 1.29 is 32.6 Å². The van der Waals surface area contributed by atoms with Gasteiger partial charge in [0.25, 0.3) is 0 Å². The van der Waals surface area contributed by atoms with E-state index in [4.69, 9.17) is 18.6 Å². The van der Waals surface area contributed by atoms with Gasteiger partial charge >= 0.3 is 12.2 Å². The molecule has 1 unspecified atom stereocenters. The molecular formula is C29H39FN2O6Si. The lowest BCUT2D eigenvalue weighted by molar-refractivity contribution is -0.0133. The van der Waals surface area contributed by atoms with E-state index in [2.05, 4.69) is 20.8 Å². The minimum atomic E-state index is -0.846. The summed E-state index contributed by atoms with van der Waals surface area (Å²) >= 11 is 0. The first kappa shape index (κ1) is 28.9. The number of rotatable bonds is 9. The topological polar surface area (TPSA) is 77.5 Å². The quantitative estimate of drug-likeness (QED) is 0.390. The van der Waals surface area contributed by atoms with Crippen molar-refractivity contribution in [2.75, 3.05) is 31.1 Å². The second-order valence-electron chi connectivity index (χ2n) is 12.0. The Morgan fingerprint density at radius 1 is 1.10 bits per heavy atom. The molecule has 0 radical (unpaired) electrons. The average Bonchev–Trinajstić information content (AvgIpc) is 3.53. The van der Waals surface area contributed by atoms with Gasteiger partial charge in [-0.2, -0.15) is 0 Å². The zero-order valence-corrected chi connectivity index (χ0v) is 24.9. The number of likely N-dealkylation sites (tertiary alicyclic amines) is 1. The summed E-state index contributed by atoms with van der Waals surface area (Å²) < 4.78 is 37.9. The van der Waals surface area contributed by atoms with Gasteiger partial charge in [-0.05, 0) is 43.0 Å². The summed E-state index contributed by atoms with van der Waals surface area (Å²) in [6.07, 6.45) is -0.588. The minimum absolute atomic E-state index is 0.0709. The van der Waals surface area contributed by atoms with Crippen LogP contribution in [0.25, 0.3) is 0 Å². The number of nitrogens with zero attached hydrogens (tertiary/aromatic N) is 2. The van der Waals surface area contributed by atoms with Crippen molar-refractivity contribution in [1.82, 2.24) is 4.90 Å². The summed E-state index contributed by atoms with van der Waals surface area (Å²) in [7, 11) is -0.846. The van der Waals surface area contributed by atoms with Gasteiger partial charge in [0.1, 0.15) is 12.7 Å². The van der Waals surface area contributed by atoms with E-state index in [-0.39, 0.29) is 42.6 Å². The summed E-state index contributed by atoms with van der Waals surface area (Å²) in [6, 6.07) is 14.0. The van der Waals surface area contributed by atoms with Crippen molar-refractivity contribution in [2.24, 2.45) is 5.92 Å². The second-order valence-corrected chi connectivity index (χ2v) is 14.7. The minimum Gasteiger partial charge on any atom is -0.490 e. The molecule has 0 N–H and O–H groups in total. The van der Waals surface area contributed by atoms with Gasteiger partial charge in [-0.3, -0.25) is 4.90 Å². The molecule has 8 nitrogen and oxygen atoms in total. The molecule has 0 spiro atoms. The number of amides is 2. The summed E-state index contributed by atoms with van der Waals surface area (Å²) in [5.41, 5.74) is 0.708. The Morgan fingerprint density at radius 3 is 2.54 bits per heavy atom. The Morgan fingerprint density at radius 2 is 1.85 bits per heavy atom. The number of ether oxygens (including phenoxy) is 3. The standard InChI is InChI=1S/C29H39FN2O6Si/c1-28(2,3)39-38-29(4,5)25-17-32(27(34)37-25)22-11-12-24(23(30)15-22)35-19-21-13-14-31(16-21)26(33)36-18-20-9-7-6-8-10-20/h6-12,15,21,25H,13-14,16-19,39H2,1-5H3/t21?,25-/m1/s1. The molecule has 2 aliphatic heterocycles. The van der Waals surface area contributed by atoms with Crippen LogP contribution in [0.1, 0.15) is 46.6 Å². The normalized spacial score (nSPS) is 20.1. The zero-order chi connectivity index (χ0) is 28.2. The lowest BCUT2D eigenvalue weighted by atomic mass is 10.0. The van der Waals surface area contributed by atoms with Crippen molar-refractivity contribution in [1.29, 1.82) is 0 Å². The van der Waals surface area contributed by atoms with Crippen molar-refractivity contribution >= 4 is 27.6 Å². The van der Waals surface area contributed by atoms with Crippen LogP contribution in [0.2, 0.25) is 5.04 Å². The molecule has 0 aliphatic carbocycles. The van der Waals surface area contributed by atoms with Gasteiger partial charge in [0, 0.05) is 25.1 Å². The Bertz CT molecular complexity index is 1160. The maximum absolute atomic E-state index is 14.9. The van der Waals surface area contributed by atoms with Crippen LogP contribution >= 0.6 is 0 Å². The molecule has 2 heterocycles. The molecule has 2 fully saturated rings. The number of halogens is 1. The molecule has 39 heavy (non-hydrogen) atoms. The highest BCUT2D eigenvalue weighted by atomic mass is 28.2. The van der Waals surface area contributed by atoms with E-state index in [0.29, 0.717) is 18.8 Å². The van der Waals surface area contributed by atoms with E-state index in [1.54, 1.807) is 11.0 Å². The van der Waals surface area contributed by atoms with Crippen molar-refractivity contribution in [2.45, 2.75) is 64.4 Å². The largest absolute Gasteiger partial charge is 0.490 e. The summed E-state index contributed by atoms with van der Waals surface area (Å²) in [5.74, 6) is -0.383. The molecule has 10 heteroatoms. The fraction of sp³-hybridized carbons (Fsp3) is 0.517. The van der Waals surface area contributed by atoms with E-state index in [1.165, 1.54) is 17.0 Å². The number of hydrogen-bond donors (Lipinski definition) is 0. The number of benzene rings is 2. The van der Waals surface area contributed by atoms with Crippen LogP contribution in [0.4, 0.5) is 19.7 Å². The predicted octanol–water partition coefficient (Wildman–Crippen LogP) is 5.29. The summed E-state index contributed by atoms with van der Waals surface area (Å²) in [4.78, 5) is 28.1. The first-order valence-electron chi connectivity index (χ1n) is 13.4. The molecule has 2 aromatic carbocycles. The number of cyclic esters (lactones) is 1. The van der Waals surface area contributed by atoms with Gasteiger partial charge in [0.05, 0.1) is 24.4 Å². The highest BCUT2D eigenvalue weighted by Crippen LogP contribution is 2.33. The van der Waals surface area contributed by atoms with Crippen LogP contribution in [-0.2, 0) is 20.5 Å². The fourth-order valence-corrected chi connectivity index (χ4v) is 5.45. The zero-order valence-electron chi connectivity index (χ0n) is 23.4. The molecule has 2 saturated heterocycles. The molecule has 2 amide bonds. The van der Waals surface area contributed by atoms with Crippen molar-refractivity contribution in [3.05, 3.63) is 59.9 Å². The van der Waals surface area contributed by atoms with Crippen molar-refractivity contribution in [3.8, 4) is 5.75 Å². The number of carbonyl (C=O) groups excluding carboxylic acids is 2. The highest BCUT2D eigenvalue weighted by molar-refractivity contribution is 6.31. The van der Waals surface area contributed by atoms with Crippen LogP contribution in [0.5, 0.6) is 5.75 Å². The van der Waals surface area contributed by atoms with Gasteiger partial charge in [-0.15, -0.1) is 0 Å². The smallest absolute Gasteiger partial charge is 0.414 e. The van der Waals surface area contributed by atoms with Crippen LogP contribution < -0.4 is 9.64 Å². The van der Waals surface area contributed by atoms with Gasteiger partial charge in [0.15, 0.2) is 21.3 Å². The third-order valence-corrected chi connectivity index (χ3v) is 8.67. The van der Waals surface area contributed by atoms with Crippen LogP contribution in [0.3, 0.4) is 0 Å². The highest BCUT2D eigenvalue weighted by Gasteiger charge is 2.43. The van der Waals surface area contributed by atoms with E-state index in [9.17, 15) is 14.0 Å². The first-order valence-corrected chi connectivity index (χ1v) is 14.7. The average molecular weight is 559 g/mol. The van der Waals surface area contributed by atoms with E-state index >= 15 is 0 Å². The molecule has 0 aromatic heterocycles. The number of hydrogen-bond acceptors (Lipinski definition) is 6. The predicted molar refractivity (Wildman–Crippen MR) is 149 cm³/mol. The van der Waals surface area contributed by atoms with Crippen LogP contribution in [0, 0.1) is 11.7 Å².